The zero-order chi connectivity index (χ0) is 39.3. The number of hydrogen-bond acceptors (Lipinski definition) is 12. The Kier molecular flexibility index (Phi) is 28.4. The van der Waals surface area contributed by atoms with E-state index in [1.807, 2.05) is 0 Å². The number of hydrogen-bond donors (Lipinski definition) is 6. The number of carbonyl (C=O) groups excluding carboxylic acids is 2. The summed E-state index contributed by atoms with van der Waals surface area (Å²) < 4.78 is 33.3. The first kappa shape index (κ1) is 49.3. The van der Waals surface area contributed by atoms with Crippen LogP contribution in [0.4, 0.5) is 0 Å². The van der Waals surface area contributed by atoms with Gasteiger partial charge in [-0.15, -0.1) is 0 Å². The Balaban J connectivity index is 2.55. The topological polar surface area (TPSA) is 210 Å². The maximum Gasteiger partial charge on any atom is 0.472 e. The van der Waals surface area contributed by atoms with E-state index in [4.69, 9.17) is 18.5 Å². The molecule has 0 heterocycles. The van der Waals surface area contributed by atoms with E-state index < -0.39 is 75.7 Å². The van der Waals surface area contributed by atoms with Gasteiger partial charge in [0.2, 0.25) is 0 Å². The molecule has 1 saturated carbocycles. The van der Waals surface area contributed by atoms with E-state index in [1.54, 1.807) is 0 Å². The fraction of sp³-hybridized carbons (Fsp3) is 0.846. The summed E-state index contributed by atoms with van der Waals surface area (Å²) in [6, 6.07) is 0. The third kappa shape index (κ3) is 23.8. The quantitative estimate of drug-likeness (QED) is 0.0187. The van der Waals surface area contributed by atoms with Gasteiger partial charge in [0.15, 0.2) is 6.10 Å². The van der Waals surface area contributed by atoms with E-state index in [2.05, 4.69) is 38.2 Å². The zero-order valence-electron chi connectivity index (χ0n) is 32.3. The van der Waals surface area contributed by atoms with E-state index in [0.29, 0.717) is 12.8 Å². The lowest BCUT2D eigenvalue weighted by molar-refractivity contribution is -0.220. The van der Waals surface area contributed by atoms with Gasteiger partial charge in [0.1, 0.15) is 43.2 Å². The molecule has 1 rings (SSSR count). The normalized spacial score (nSPS) is 23.7. The SMILES string of the molecule is CCCCC/C=C\CCCCCCCC(=O)OC[C@H](COP(=O)(O)OC1C(O)C(O)C(O)[C@@H](O)C1O)OC(=O)CCCCCCC/C=C\CCCCC. The third-order valence-electron chi connectivity index (χ3n) is 9.27. The summed E-state index contributed by atoms with van der Waals surface area (Å²) >= 11 is 0. The molecule has 13 nitrogen and oxygen atoms in total. The molecule has 0 radical (unpaired) electrons. The lowest BCUT2D eigenvalue weighted by Crippen LogP contribution is -2.64. The molecule has 14 heteroatoms. The molecule has 0 aromatic heterocycles. The molecule has 0 amide bonds. The molecule has 6 unspecified atom stereocenters. The number of allylic oxidation sites excluding steroid dienone is 4. The number of esters is 2. The monoisotopic (exact) mass is 778 g/mol. The van der Waals surface area contributed by atoms with Crippen LogP contribution in [0.25, 0.3) is 0 Å². The maximum absolute atomic E-state index is 12.7. The fourth-order valence-electron chi connectivity index (χ4n) is 5.92. The van der Waals surface area contributed by atoms with Gasteiger partial charge in [-0.1, -0.05) is 102 Å². The van der Waals surface area contributed by atoms with Crippen molar-refractivity contribution in [1.82, 2.24) is 0 Å². The van der Waals surface area contributed by atoms with Gasteiger partial charge in [0, 0.05) is 12.8 Å². The van der Waals surface area contributed by atoms with Crippen LogP contribution < -0.4 is 0 Å². The van der Waals surface area contributed by atoms with E-state index in [-0.39, 0.29) is 12.8 Å². The second-order valence-corrected chi connectivity index (χ2v) is 15.5. The first-order valence-electron chi connectivity index (χ1n) is 20.1. The number of phosphoric acid groups is 1. The molecule has 1 fully saturated rings. The summed E-state index contributed by atoms with van der Waals surface area (Å²) in [4.78, 5) is 35.4. The van der Waals surface area contributed by atoms with Crippen LogP contribution in [0.3, 0.4) is 0 Å². The lowest BCUT2D eigenvalue weighted by Gasteiger charge is -2.41. The summed E-state index contributed by atoms with van der Waals surface area (Å²) in [7, 11) is -5.11. The highest BCUT2D eigenvalue weighted by Gasteiger charge is 2.51. The molecule has 1 aliphatic carbocycles. The molecule has 0 bridgehead atoms. The second-order valence-electron chi connectivity index (χ2n) is 14.1. The van der Waals surface area contributed by atoms with Crippen LogP contribution in [-0.2, 0) is 32.7 Å². The highest BCUT2D eigenvalue weighted by molar-refractivity contribution is 7.47. The maximum atomic E-state index is 12.7. The average molecular weight is 779 g/mol. The summed E-state index contributed by atoms with van der Waals surface area (Å²) in [5.74, 6) is -1.12. The predicted molar refractivity (Wildman–Crippen MR) is 203 cm³/mol. The van der Waals surface area contributed by atoms with Crippen molar-refractivity contribution in [1.29, 1.82) is 0 Å². The van der Waals surface area contributed by atoms with Crippen LogP contribution in [-0.4, -0.2) is 98.3 Å². The van der Waals surface area contributed by atoms with E-state index in [9.17, 15) is 44.6 Å². The molecule has 0 spiro atoms. The minimum absolute atomic E-state index is 0.0856. The van der Waals surface area contributed by atoms with Crippen LogP contribution in [0.2, 0.25) is 0 Å². The van der Waals surface area contributed by atoms with Crippen molar-refractivity contribution in [3.05, 3.63) is 24.3 Å². The summed E-state index contributed by atoms with van der Waals surface area (Å²) in [5, 5.41) is 49.9. The molecule has 310 valence electrons. The largest absolute Gasteiger partial charge is 0.472 e. The van der Waals surface area contributed by atoms with Crippen molar-refractivity contribution >= 4 is 19.8 Å². The first-order valence-corrected chi connectivity index (χ1v) is 21.6. The molecule has 0 aromatic rings. The van der Waals surface area contributed by atoms with Gasteiger partial charge in [-0.05, 0) is 64.2 Å². The Morgan fingerprint density at radius 1 is 0.566 bits per heavy atom. The van der Waals surface area contributed by atoms with E-state index in [0.717, 1.165) is 77.0 Å². The molecule has 8 atom stereocenters. The minimum Gasteiger partial charge on any atom is -0.462 e. The molecule has 1 aliphatic rings. The Labute approximate surface area is 317 Å². The number of ether oxygens (including phenoxy) is 2. The molecule has 6 N–H and O–H groups in total. The highest BCUT2D eigenvalue weighted by Crippen LogP contribution is 2.47. The molecule has 0 saturated heterocycles. The van der Waals surface area contributed by atoms with E-state index >= 15 is 0 Å². The van der Waals surface area contributed by atoms with Gasteiger partial charge >= 0.3 is 19.8 Å². The first-order chi connectivity index (χ1) is 25.4. The van der Waals surface area contributed by atoms with Crippen molar-refractivity contribution in [3.63, 3.8) is 0 Å². The number of rotatable bonds is 32. The smallest absolute Gasteiger partial charge is 0.462 e. The standard InChI is InChI=1S/C39H71O13P/c1-3-5-7-9-11-13-15-17-19-21-23-25-27-32(40)49-29-31(51-33(41)28-26-24-22-20-18-16-14-12-10-8-6-4-2)30-50-53(47,48)52-39-37(45)35(43)34(42)36(44)38(39)46/h11-14,31,34-39,42-46H,3-10,15-30H2,1-2H3,(H,47,48)/b13-11-,14-12-/t31-,34?,35-,36?,37?,38?,39?/m1/s1. The Morgan fingerprint density at radius 2 is 0.962 bits per heavy atom. The Hall–Kier alpha value is -1.67. The van der Waals surface area contributed by atoms with Gasteiger partial charge in [0.05, 0.1) is 6.61 Å². The fourth-order valence-corrected chi connectivity index (χ4v) is 6.89. The van der Waals surface area contributed by atoms with Crippen LogP contribution in [0.15, 0.2) is 24.3 Å². The van der Waals surface area contributed by atoms with Gasteiger partial charge in [-0.3, -0.25) is 18.6 Å². The van der Waals surface area contributed by atoms with Crippen molar-refractivity contribution in [2.75, 3.05) is 13.2 Å². The summed E-state index contributed by atoms with van der Waals surface area (Å²) in [5.41, 5.74) is 0. The number of unbranched alkanes of at least 4 members (excludes halogenated alkanes) is 16. The molecular formula is C39H71O13P. The lowest BCUT2D eigenvalue weighted by atomic mass is 9.85. The van der Waals surface area contributed by atoms with Crippen LogP contribution in [0.1, 0.15) is 155 Å². The van der Waals surface area contributed by atoms with Crippen molar-refractivity contribution in [2.24, 2.45) is 0 Å². The van der Waals surface area contributed by atoms with Crippen LogP contribution in [0.5, 0.6) is 0 Å². The number of carbonyl (C=O) groups is 2. The van der Waals surface area contributed by atoms with E-state index in [1.165, 1.54) is 38.5 Å². The molecule has 0 aliphatic heterocycles. The van der Waals surface area contributed by atoms with Crippen LogP contribution >= 0.6 is 7.82 Å². The number of aliphatic hydroxyl groups is 5. The van der Waals surface area contributed by atoms with Gasteiger partial charge in [-0.2, -0.15) is 0 Å². The average Bonchev–Trinajstić information content (AvgIpc) is 3.13. The molecular weight excluding hydrogens is 707 g/mol. The van der Waals surface area contributed by atoms with Gasteiger partial charge in [0.25, 0.3) is 0 Å². The minimum atomic E-state index is -5.11. The van der Waals surface area contributed by atoms with Gasteiger partial charge in [-0.25, -0.2) is 4.57 Å². The van der Waals surface area contributed by atoms with Crippen molar-refractivity contribution < 1.29 is 63.1 Å². The third-order valence-corrected chi connectivity index (χ3v) is 10.3. The molecule has 0 aromatic carbocycles. The van der Waals surface area contributed by atoms with Gasteiger partial charge < -0.3 is 39.9 Å². The predicted octanol–water partition coefficient (Wildman–Crippen LogP) is 6.50. The summed E-state index contributed by atoms with van der Waals surface area (Å²) in [6.07, 6.45) is 16.8. The summed E-state index contributed by atoms with van der Waals surface area (Å²) in [6.45, 7) is 3.20. The highest BCUT2D eigenvalue weighted by atomic mass is 31.2. The molecule has 53 heavy (non-hydrogen) atoms. The second kappa shape index (κ2) is 30.5. The number of phosphoric ester groups is 1. The zero-order valence-corrected chi connectivity index (χ0v) is 33.2. The number of aliphatic hydroxyl groups excluding tert-OH is 5. The Morgan fingerprint density at radius 3 is 1.43 bits per heavy atom. The van der Waals surface area contributed by atoms with Crippen molar-refractivity contribution in [3.8, 4) is 0 Å². The van der Waals surface area contributed by atoms with Crippen LogP contribution in [0, 0.1) is 0 Å². The van der Waals surface area contributed by atoms with Crippen molar-refractivity contribution in [2.45, 2.75) is 198 Å². The Bertz CT molecular complexity index is 1040.